The van der Waals surface area contributed by atoms with Crippen LogP contribution in [0.15, 0.2) is 0 Å². The van der Waals surface area contributed by atoms with Crippen LogP contribution in [0.25, 0.3) is 0 Å². The van der Waals surface area contributed by atoms with Gasteiger partial charge in [-0.15, -0.1) is 0 Å². The van der Waals surface area contributed by atoms with Crippen molar-refractivity contribution in [3.8, 4) is 0 Å². The lowest BCUT2D eigenvalue weighted by atomic mass is 9.35. The van der Waals surface area contributed by atoms with Gasteiger partial charge in [-0.25, -0.2) is 0 Å². The summed E-state index contributed by atoms with van der Waals surface area (Å²) in [5.74, 6) is 0. The lowest BCUT2D eigenvalue weighted by Crippen LogP contribution is -2.66. The zero-order chi connectivity index (χ0) is 18.4. The first-order valence-corrected chi connectivity index (χ1v) is 10.4. The van der Waals surface area contributed by atoms with E-state index in [4.69, 9.17) is 18.9 Å². The first-order valence-electron chi connectivity index (χ1n) is 10.4. The highest BCUT2D eigenvalue weighted by molar-refractivity contribution is 5.17. The third kappa shape index (κ3) is 3.83. The van der Waals surface area contributed by atoms with Crippen LogP contribution in [-0.2, 0) is 18.9 Å². The van der Waals surface area contributed by atoms with E-state index in [1.165, 1.54) is 19.3 Å². The van der Waals surface area contributed by atoms with Gasteiger partial charge in [-0.1, -0.05) is 0 Å². The van der Waals surface area contributed by atoms with Crippen LogP contribution in [-0.4, -0.2) is 75.4 Å². The molecule has 1 heterocycles. The molecule has 5 aliphatic rings. The molecular formula is C21H37NO4. The van der Waals surface area contributed by atoms with Crippen LogP contribution >= 0.6 is 0 Å². The van der Waals surface area contributed by atoms with Crippen LogP contribution in [0.3, 0.4) is 0 Å². The molecule has 5 nitrogen and oxygen atoms in total. The van der Waals surface area contributed by atoms with Gasteiger partial charge in [-0.3, -0.25) is 4.90 Å². The number of rotatable bonds is 10. The maximum Gasteiger partial charge on any atom is 0.0830 e. The predicted octanol–water partition coefficient (Wildman–Crippen LogP) is 2.87. The summed E-state index contributed by atoms with van der Waals surface area (Å²) in [6, 6.07) is 0. The average Bonchev–Trinajstić information content (AvgIpc) is 2.40. The van der Waals surface area contributed by atoms with Crippen LogP contribution in [0.5, 0.6) is 0 Å². The third-order valence-corrected chi connectivity index (χ3v) is 7.05. The Morgan fingerprint density at radius 3 is 2.12 bits per heavy atom. The highest BCUT2D eigenvalue weighted by atomic mass is 16.5. The lowest BCUT2D eigenvalue weighted by Gasteiger charge is -2.70. The minimum atomic E-state index is 0.268. The molecule has 5 heteroatoms. The first kappa shape index (κ1) is 19.1. The predicted molar refractivity (Wildman–Crippen MR) is 100 cm³/mol. The van der Waals surface area contributed by atoms with Gasteiger partial charge < -0.3 is 18.9 Å². The van der Waals surface area contributed by atoms with Crippen LogP contribution < -0.4 is 0 Å². The van der Waals surface area contributed by atoms with Crippen LogP contribution in [0.1, 0.15) is 52.9 Å². The molecule has 0 N–H and O–H groups in total. The largest absolute Gasteiger partial charge is 0.381 e. The summed E-state index contributed by atoms with van der Waals surface area (Å²) in [6.07, 6.45) is 7.33. The molecule has 150 valence electrons. The zero-order valence-electron chi connectivity index (χ0n) is 17.1. The Morgan fingerprint density at radius 2 is 1.50 bits per heavy atom. The molecule has 0 amide bonds. The summed E-state index contributed by atoms with van der Waals surface area (Å²) in [4.78, 5) is 2.46. The Hall–Kier alpha value is -0.200. The molecular weight excluding hydrogens is 330 g/mol. The van der Waals surface area contributed by atoms with Crippen molar-refractivity contribution in [2.75, 3.05) is 46.6 Å². The van der Waals surface area contributed by atoms with Gasteiger partial charge in [0.2, 0.25) is 0 Å². The fourth-order valence-electron chi connectivity index (χ4n) is 5.33. The van der Waals surface area contributed by atoms with Gasteiger partial charge in [0.25, 0.3) is 0 Å². The Morgan fingerprint density at radius 1 is 0.846 bits per heavy atom. The van der Waals surface area contributed by atoms with Gasteiger partial charge in [-0.2, -0.15) is 0 Å². The molecule has 4 aliphatic carbocycles. The van der Waals surface area contributed by atoms with Crippen molar-refractivity contribution in [2.24, 2.45) is 10.8 Å². The molecule has 0 aromatic heterocycles. The molecule has 5 rings (SSSR count). The van der Waals surface area contributed by atoms with Crippen LogP contribution in [0, 0.1) is 10.8 Å². The van der Waals surface area contributed by atoms with E-state index in [0.29, 0.717) is 29.1 Å². The van der Waals surface area contributed by atoms with Gasteiger partial charge in [0, 0.05) is 25.7 Å². The van der Waals surface area contributed by atoms with E-state index in [1.54, 1.807) is 7.11 Å². The SMILES string of the molecule is COC1CC(OCC23CC(COCCOC4CN(C(C)(C)C)C4)(C2)C3)C1. The summed E-state index contributed by atoms with van der Waals surface area (Å²) in [6.45, 7) is 12.2. The van der Waals surface area contributed by atoms with Crippen molar-refractivity contribution in [1.82, 2.24) is 4.90 Å². The molecule has 1 aliphatic heterocycles. The fourth-order valence-corrected chi connectivity index (χ4v) is 5.33. The van der Waals surface area contributed by atoms with E-state index in [0.717, 1.165) is 52.4 Å². The lowest BCUT2D eigenvalue weighted by molar-refractivity contribution is -0.265. The summed E-state index contributed by atoms with van der Waals surface area (Å²) in [7, 11) is 1.80. The Kier molecular flexibility index (Phi) is 5.15. The molecule has 0 radical (unpaired) electrons. The number of nitrogens with zero attached hydrogens (tertiary/aromatic N) is 1. The second-order valence-electron chi connectivity index (χ2n) is 10.4. The van der Waals surface area contributed by atoms with E-state index in [1.807, 2.05) is 0 Å². The van der Waals surface area contributed by atoms with Crippen molar-refractivity contribution >= 4 is 0 Å². The maximum atomic E-state index is 6.08. The zero-order valence-corrected chi connectivity index (χ0v) is 17.1. The molecule has 2 bridgehead atoms. The fraction of sp³-hybridized carbons (Fsp3) is 1.00. The number of hydrogen-bond acceptors (Lipinski definition) is 5. The summed E-state index contributed by atoms with van der Waals surface area (Å²) < 4.78 is 23.2. The first-order chi connectivity index (χ1) is 12.3. The molecule has 0 aromatic rings. The number of likely N-dealkylation sites (tertiary alicyclic amines) is 1. The summed E-state index contributed by atoms with van der Waals surface area (Å²) >= 11 is 0. The molecule has 4 saturated carbocycles. The van der Waals surface area contributed by atoms with Gasteiger partial charge in [0.05, 0.1) is 44.7 Å². The minimum absolute atomic E-state index is 0.268. The summed E-state index contributed by atoms with van der Waals surface area (Å²) in [5.41, 5.74) is 1.22. The molecule has 0 atom stereocenters. The molecule has 26 heavy (non-hydrogen) atoms. The Bertz CT molecular complexity index is 471. The molecule has 0 aromatic carbocycles. The topological polar surface area (TPSA) is 40.2 Å². The Balaban J connectivity index is 1.00. The summed E-state index contributed by atoms with van der Waals surface area (Å²) in [5, 5.41) is 0. The second-order valence-corrected chi connectivity index (χ2v) is 10.4. The van der Waals surface area contributed by atoms with Crippen molar-refractivity contribution in [1.29, 1.82) is 0 Å². The highest BCUT2D eigenvalue weighted by Crippen LogP contribution is 2.73. The van der Waals surface area contributed by atoms with Gasteiger partial charge >= 0.3 is 0 Å². The maximum absolute atomic E-state index is 6.08. The van der Waals surface area contributed by atoms with E-state index in [2.05, 4.69) is 25.7 Å². The van der Waals surface area contributed by atoms with E-state index >= 15 is 0 Å². The second kappa shape index (κ2) is 7.00. The van der Waals surface area contributed by atoms with Gasteiger partial charge in [-0.05, 0) is 63.7 Å². The van der Waals surface area contributed by atoms with Gasteiger partial charge in [0.1, 0.15) is 0 Å². The van der Waals surface area contributed by atoms with E-state index in [9.17, 15) is 0 Å². The Labute approximate surface area is 158 Å². The third-order valence-electron chi connectivity index (χ3n) is 7.05. The van der Waals surface area contributed by atoms with Crippen molar-refractivity contribution in [2.45, 2.75) is 76.7 Å². The van der Waals surface area contributed by atoms with E-state index in [-0.39, 0.29) is 5.54 Å². The standard InChI is InChI=1S/C21H37NO4/c1-19(2,3)22-9-18(10-22)25-6-5-24-14-20-11-21(12-20,13-20)15-26-17-7-16(8-17)23-4/h16-18H,5-15H2,1-4H3. The highest BCUT2D eigenvalue weighted by Gasteiger charge is 2.67. The van der Waals surface area contributed by atoms with Crippen LogP contribution in [0.2, 0.25) is 0 Å². The normalized spacial score (nSPS) is 39.7. The van der Waals surface area contributed by atoms with Crippen LogP contribution in [0.4, 0.5) is 0 Å². The van der Waals surface area contributed by atoms with Crippen molar-refractivity contribution in [3.05, 3.63) is 0 Å². The number of methoxy groups -OCH3 is 1. The van der Waals surface area contributed by atoms with E-state index < -0.39 is 0 Å². The molecule has 5 fully saturated rings. The number of ether oxygens (including phenoxy) is 4. The number of hydrogen-bond donors (Lipinski definition) is 0. The van der Waals surface area contributed by atoms with Gasteiger partial charge in [0.15, 0.2) is 0 Å². The quantitative estimate of drug-likeness (QED) is 0.555. The minimum Gasteiger partial charge on any atom is -0.381 e. The molecule has 0 unspecified atom stereocenters. The smallest absolute Gasteiger partial charge is 0.0830 e. The average molecular weight is 368 g/mol. The molecule has 0 spiro atoms. The monoisotopic (exact) mass is 367 g/mol. The van der Waals surface area contributed by atoms with Crippen molar-refractivity contribution < 1.29 is 18.9 Å². The molecule has 1 saturated heterocycles. The van der Waals surface area contributed by atoms with Crippen molar-refractivity contribution in [3.63, 3.8) is 0 Å².